The second-order valence-electron chi connectivity index (χ2n) is 3.02. The van der Waals surface area contributed by atoms with Gasteiger partial charge >= 0.3 is 0 Å². The van der Waals surface area contributed by atoms with Crippen molar-refractivity contribution in [2.75, 3.05) is 18.5 Å². The highest BCUT2D eigenvalue weighted by Gasteiger charge is 2.15. The minimum Gasteiger partial charge on any atom is -0.494 e. The number of pyridine rings is 1. The average Bonchev–Trinajstić information content (AvgIpc) is 2.33. The van der Waals surface area contributed by atoms with Crippen LogP contribution < -0.4 is 5.32 Å². The maximum atomic E-state index is 11.6. The Morgan fingerprint density at radius 3 is 2.94 bits per heavy atom. The molecule has 2 heterocycles. The average molecular weight is 285 g/mol. The Bertz CT molecular complexity index is 417. The maximum Gasteiger partial charge on any atom is 0.295 e. The van der Waals surface area contributed by atoms with Crippen molar-refractivity contribution in [3.05, 3.63) is 34.8 Å². The summed E-state index contributed by atoms with van der Waals surface area (Å²) in [6, 6.07) is 3.47. The normalized spacial score (nSPS) is 14.4. The number of carbonyl (C=O) groups is 1. The first-order valence-corrected chi connectivity index (χ1v) is 5.42. The van der Waals surface area contributed by atoms with Crippen LogP contribution in [0.25, 0.3) is 0 Å². The zero-order valence-corrected chi connectivity index (χ0v) is 9.86. The topological polar surface area (TPSA) is 60.5 Å². The molecule has 6 heteroatoms. The van der Waals surface area contributed by atoms with Crippen LogP contribution in [0.5, 0.6) is 0 Å². The van der Waals surface area contributed by atoms with Gasteiger partial charge in [-0.1, -0.05) is 0 Å². The van der Waals surface area contributed by atoms with Crippen molar-refractivity contribution in [1.29, 1.82) is 0 Å². The van der Waals surface area contributed by atoms with Crippen molar-refractivity contribution in [2.45, 2.75) is 0 Å². The Morgan fingerprint density at radius 2 is 2.31 bits per heavy atom. The third-order valence-electron chi connectivity index (χ3n) is 1.84. The summed E-state index contributed by atoms with van der Waals surface area (Å²) in [5, 5.41) is 2.59. The van der Waals surface area contributed by atoms with E-state index in [1.807, 2.05) is 0 Å². The van der Waals surface area contributed by atoms with E-state index in [1.54, 1.807) is 18.3 Å². The predicted molar refractivity (Wildman–Crippen MR) is 60.6 cm³/mol. The Hall–Kier alpha value is -1.56. The zero-order valence-electron chi connectivity index (χ0n) is 8.27. The largest absolute Gasteiger partial charge is 0.494 e. The summed E-state index contributed by atoms with van der Waals surface area (Å²) in [5.74, 6) is 0.258. The van der Waals surface area contributed by atoms with Gasteiger partial charge in [0.15, 0.2) is 0 Å². The molecule has 1 aliphatic rings. The minimum atomic E-state index is -0.366. The van der Waals surface area contributed by atoms with Gasteiger partial charge in [-0.2, -0.15) is 0 Å². The van der Waals surface area contributed by atoms with Crippen molar-refractivity contribution < 1.29 is 14.3 Å². The number of ether oxygens (including phenoxy) is 2. The maximum absolute atomic E-state index is 11.6. The van der Waals surface area contributed by atoms with Gasteiger partial charge in [-0.25, -0.2) is 4.98 Å². The van der Waals surface area contributed by atoms with Gasteiger partial charge in [-0.15, -0.1) is 0 Å². The van der Waals surface area contributed by atoms with Gasteiger partial charge in [0.1, 0.15) is 25.3 Å². The summed E-state index contributed by atoms with van der Waals surface area (Å²) >= 11 is 3.26. The van der Waals surface area contributed by atoms with Crippen LogP contribution in [-0.2, 0) is 14.3 Å². The molecule has 1 amide bonds. The molecule has 0 aromatic carbocycles. The number of amides is 1. The van der Waals surface area contributed by atoms with Crippen LogP contribution in [0.2, 0.25) is 0 Å². The Morgan fingerprint density at radius 1 is 1.44 bits per heavy atom. The molecule has 1 N–H and O–H groups in total. The van der Waals surface area contributed by atoms with E-state index in [2.05, 4.69) is 26.2 Å². The van der Waals surface area contributed by atoms with E-state index < -0.39 is 0 Å². The van der Waals surface area contributed by atoms with E-state index in [9.17, 15) is 4.79 Å². The van der Waals surface area contributed by atoms with Gasteiger partial charge in [0.05, 0.1) is 0 Å². The van der Waals surface area contributed by atoms with Crippen LogP contribution in [-0.4, -0.2) is 24.1 Å². The highest BCUT2D eigenvalue weighted by molar-refractivity contribution is 9.10. The molecule has 84 valence electrons. The van der Waals surface area contributed by atoms with Crippen molar-refractivity contribution in [1.82, 2.24) is 4.98 Å². The number of carbonyl (C=O) groups excluding carboxylic acids is 1. The monoisotopic (exact) mass is 284 g/mol. The molecule has 0 spiro atoms. The summed E-state index contributed by atoms with van der Waals surface area (Å²) < 4.78 is 11.0. The molecular weight excluding hydrogens is 276 g/mol. The standard InChI is InChI=1S/C10H9BrN2O3/c11-7-1-2-9(12-5-7)13-10(14)8-6-15-3-4-16-8/h1-2,5-6H,3-4H2,(H,12,13,14). The molecule has 0 unspecified atom stereocenters. The summed E-state index contributed by atoms with van der Waals surface area (Å²) in [7, 11) is 0. The van der Waals surface area contributed by atoms with Crippen LogP contribution in [0.1, 0.15) is 0 Å². The summed E-state index contributed by atoms with van der Waals surface area (Å²) in [4.78, 5) is 15.6. The van der Waals surface area contributed by atoms with Crippen LogP contribution >= 0.6 is 15.9 Å². The second-order valence-corrected chi connectivity index (χ2v) is 3.93. The Balaban J connectivity index is 2.01. The predicted octanol–water partition coefficient (Wildman–Crippen LogP) is 1.67. The number of halogens is 1. The number of hydrogen-bond acceptors (Lipinski definition) is 4. The number of anilines is 1. The number of nitrogens with zero attached hydrogens (tertiary/aromatic N) is 1. The van der Waals surface area contributed by atoms with Gasteiger partial charge in [0.2, 0.25) is 5.76 Å². The molecule has 0 bridgehead atoms. The molecule has 0 saturated heterocycles. The highest BCUT2D eigenvalue weighted by atomic mass is 79.9. The number of rotatable bonds is 2. The molecule has 1 aromatic heterocycles. The number of hydrogen-bond donors (Lipinski definition) is 1. The van der Waals surface area contributed by atoms with E-state index in [-0.39, 0.29) is 11.7 Å². The fraction of sp³-hybridized carbons (Fsp3) is 0.200. The van der Waals surface area contributed by atoms with Gasteiger partial charge in [0.25, 0.3) is 5.91 Å². The fourth-order valence-corrected chi connectivity index (χ4v) is 1.35. The Kier molecular flexibility index (Phi) is 3.40. The smallest absolute Gasteiger partial charge is 0.295 e. The lowest BCUT2D eigenvalue weighted by atomic mass is 10.4. The summed E-state index contributed by atoms with van der Waals surface area (Å²) in [6.45, 7) is 0.848. The lowest BCUT2D eigenvalue weighted by molar-refractivity contribution is -0.117. The van der Waals surface area contributed by atoms with E-state index in [0.29, 0.717) is 19.0 Å². The molecular formula is C10H9BrN2O3. The van der Waals surface area contributed by atoms with Crippen molar-refractivity contribution in [3.8, 4) is 0 Å². The van der Waals surface area contributed by atoms with Gasteiger partial charge in [-0.3, -0.25) is 4.79 Å². The van der Waals surface area contributed by atoms with Crippen LogP contribution in [0.15, 0.2) is 34.8 Å². The Labute approximate surface area is 101 Å². The van der Waals surface area contributed by atoms with E-state index >= 15 is 0 Å². The van der Waals surface area contributed by atoms with E-state index in [0.717, 1.165) is 4.47 Å². The lowest BCUT2D eigenvalue weighted by Gasteiger charge is -2.14. The molecule has 16 heavy (non-hydrogen) atoms. The van der Waals surface area contributed by atoms with Gasteiger partial charge in [0, 0.05) is 10.7 Å². The second kappa shape index (κ2) is 4.98. The van der Waals surface area contributed by atoms with Crippen molar-refractivity contribution in [2.24, 2.45) is 0 Å². The van der Waals surface area contributed by atoms with Crippen LogP contribution in [0.3, 0.4) is 0 Å². The first-order valence-electron chi connectivity index (χ1n) is 4.63. The molecule has 0 radical (unpaired) electrons. The molecule has 5 nitrogen and oxygen atoms in total. The third-order valence-corrected chi connectivity index (χ3v) is 2.31. The lowest BCUT2D eigenvalue weighted by Crippen LogP contribution is -2.21. The quantitative estimate of drug-likeness (QED) is 0.898. The molecule has 0 saturated carbocycles. The van der Waals surface area contributed by atoms with Crippen molar-refractivity contribution >= 4 is 27.7 Å². The molecule has 0 atom stereocenters. The first kappa shape index (κ1) is 10.9. The summed E-state index contributed by atoms with van der Waals surface area (Å²) in [5.41, 5.74) is 0. The van der Waals surface area contributed by atoms with Crippen molar-refractivity contribution in [3.63, 3.8) is 0 Å². The fourth-order valence-electron chi connectivity index (χ4n) is 1.12. The SMILES string of the molecule is O=C(Nc1ccc(Br)cn1)C1=COCCO1. The van der Waals surface area contributed by atoms with E-state index in [4.69, 9.17) is 9.47 Å². The number of aromatic nitrogens is 1. The number of nitrogens with one attached hydrogen (secondary N) is 1. The summed E-state index contributed by atoms with van der Waals surface area (Å²) in [6.07, 6.45) is 2.90. The molecule has 0 aliphatic carbocycles. The van der Waals surface area contributed by atoms with Crippen LogP contribution in [0, 0.1) is 0 Å². The molecule has 1 aromatic rings. The molecule has 1 aliphatic heterocycles. The van der Waals surface area contributed by atoms with Gasteiger partial charge < -0.3 is 14.8 Å². The first-order chi connectivity index (χ1) is 7.75. The van der Waals surface area contributed by atoms with E-state index in [1.165, 1.54) is 6.26 Å². The third kappa shape index (κ3) is 2.73. The molecule has 0 fully saturated rings. The molecule has 2 rings (SSSR count). The highest BCUT2D eigenvalue weighted by Crippen LogP contribution is 2.12. The zero-order chi connectivity index (χ0) is 11.4. The van der Waals surface area contributed by atoms with Gasteiger partial charge in [-0.05, 0) is 28.1 Å². The van der Waals surface area contributed by atoms with Crippen LogP contribution in [0.4, 0.5) is 5.82 Å². The minimum absolute atomic E-state index is 0.163.